The third kappa shape index (κ3) is 4.61. The molecule has 0 bridgehead atoms. The number of hydrogen-bond donors (Lipinski definition) is 3. The first-order valence-electron chi connectivity index (χ1n) is 7.20. The van der Waals surface area contributed by atoms with Crippen LogP contribution in [-0.4, -0.2) is 22.0 Å². The zero-order valence-corrected chi connectivity index (χ0v) is 13.8. The molecule has 1 aromatic carbocycles. The summed E-state index contributed by atoms with van der Waals surface area (Å²) < 4.78 is 0. The number of nitrogens with zero attached hydrogens (tertiary/aromatic N) is 1. The van der Waals surface area contributed by atoms with Crippen LogP contribution in [0.4, 0.5) is 5.69 Å². The highest BCUT2D eigenvalue weighted by Crippen LogP contribution is 2.22. The molecular weight excluding hydrogens is 314 g/mol. The first kappa shape index (κ1) is 17.1. The summed E-state index contributed by atoms with van der Waals surface area (Å²) in [5.41, 5.74) is 7.45. The lowest BCUT2D eigenvalue weighted by Crippen LogP contribution is -2.17. The summed E-state index contributed by atoms with van der Waals surface area (Å²) in [4.78, 5) is 27.2. The number of benzene rings is 1. The van der Waals surface area contributed by atoms with Gasteiger partial charge >= 0.3 is 5.97 Å². The Bertz CT molecular complexity index is 695. The van der Waals surface area contributed by atoms with Gasteiger partial charge in [-0.15, -0.1) is 11.3 Å². The van der Waals surface area contributed by atoms with Crippen LogP contribution in [0.5, 0.6) is 0 Å². The average molecular weight is 333 g/mol. The minimum atomic E-state index is -1.00. The molecular formula is C16H19N3O3S. The van der Waals surface area contributed by atoms with Crippen LogP contribution in [0.1, 0.15) is 40.9 Å². The third-order valence-electron chi connectivity index (χ3n) is 3.33. The van der Waals surface area contributed by atoms with Gasteiger partial charge in [0.05, 0.1) is 23.7 Å². The van der Waals surface area contributed by atoms with Gasteiger partial charge in [0.15, 0.2) is 0 Å². The highest BCUT2D eigenvalue weighted by atomic mass is 32.1. The predicted molar refractivity (Wildman–Crippen MR) is 89.6 cm³/mol. The summed E-state index contributed by atoms with van der Waals surface area (Å²) in [6, 6.07) is 5.88. The van der Waals surface area contributed by atoms with Crippen molar-refractivity contribution in [2.45, 2.75) is 26.3 Å². The Morgan fingerprint density at radius 2 is 1.96 bits per heavy atom. The van der Waals surface area contributed by atoms with Gasteiger partial charge in [-0.1, -0.05) is 13.8 Å². The number of nitrogens with one attached hydrogen (secondary N) is 1. The average Bonchev–Trinajstić information content (AvgIpc) is 2.95. The zero-order valence-electron chi connectivity index (χ0n) is 12.9. The van der Waals surface area contributed by atoms with E-state index in [-0.39, 0.29) is 29.9 Å². The molecule has 7 heteroatoms. The Hall–Kier alpha value is -2.25. The standard InChI is InChI=1S/C16H19N3O3S/c1-9(2)14(17)15-19-12(8-23-15)7-13(20)18-11-5-3-10(4-6-11)16(21)22/h3-6,8-9,14H,7,17H2,1-2H3,(H,18,20)(H,21,22). The maximum Gasteiger partial charge on any atom is 0.335 e. The van der Waals surface area contributed by atoms with E-state index in [1.165, 1.54) is 23.5 Å². The minimum absolute atomic E-state index is 0.125. The second kappa shape index (κ2) is 7.34. The lowest BCUT2D eigenvalue weighted by atomic mass is 10.1. The molecule has 0 saturated heterocycles. The van der Waals surface area contributed by atoms with Crippen molar-refractivity contribution in [3.63, 3.8) is 0 Å². The molecule has 6 nitrogen and oxygen atoms in total. The van der Waals surface area contributed by atoms with Crippen molar-refractivity contribution in [3.05, 3.63) is 45.9 Å². The van der Waals surface area contributed by atoms with Crippen LogP contribution in [-0.2, 0) is 11.2 Å². The fourth-order valence-corrected chi connectivity index (χ4v) is 2.90. The van der Waals surface area contributed by atoms with E-state index in [9.17, 15) is 9.59 Å². The summed E-state index contributed by atoms with van der Waals surface area (Å²) >= 11 is 1.46. The van der Waals surface area contributed by atoms with Crippen LogP contribution in [0.25, 0.3) is 0 Å². The van der Waals surface area contributed by atoms with Crippen molar-refractivity contribution in [1.29, 1.82) is 0 Å². The number of rotatable bonds is 6. The summed E-state index contributed by atoms with van der Waals surface area (Å²) in [6.45, 7) is 4.05. The molecule has 0 spiro atoms. The van der Waals surface area contributed by atoms with Gasteiger partial charge in [0.1, 0.15) is 5.01 Å². The molecule has 0 radical (unpaired) electrons. The number of carboxylic acids is 1. The fraction of sp³-hybridized carbons (Fsp3) is 0.312. The third-order valence-corrected chi connectivity index (χ3v) is 4.33. The van der Waals surface area contributed by atoms with Gasteiger partial charge in [0.2, 0.25) is 5.91 Å². The van der Waals surface area contributed by atoms with E-state index in [1.54, 1.807) is 12.1 Å². The molecule has 2 rings (SSSR count). The van der Waals surface area contributed by atoms with Gasteiger partial charge in [-0.3, -0.25) is 4.79 Å². The number of aromatic nitrogens is 1. The largest absolute Gasteiger partial charge is 0.478 e. The molecule has 0 fully saturated rings. The van der Waals surface area contributed by atoms with Crippen molar-refractivity contribution >= 4 is 28.9 Å². The number of thiazole rings is 1. The van der Waals surface area contributed by atoms with Crippen LogP contribution in [0.2, 0.25) is 0 Å². The Morgan fingerprint density at radius 1 is 1.30 bits per heavy atom. The van der Waals surface area contributed by atoms with E-state index in [2.05, 4.69) is 10.3 Å². The van der Waals surface area contributed by atoms with Gasteiger partial charge in [-0.05, 0) is 30.2 Å². The number of aromatic carboxylic acids is 1. The molecule has 1 unspecified atom stereocenters. The van der Waals surface area contributed by atoms with Gasteiger partial charge in [0, 0.05) is 11.1 Å². The molecule has 0 aliphatic heterocycles. The lowest BCUT2D eigenvalue weighted by molar-refractivity contribution is -0.115. The van der Waals surface area contributed by atoms with Gasteiger partial charge < -0.3 is 16.2 Å². The van der Waals surface area contributed by atoms with Crippen LogP contribution >= 0.6 is 11.3 Å². The van der Waals surface area contributed by atoms with Crippen LogP contribution in [0.3, 0.4) is 0 Å². The maximum atomic E-state index is 12.0. The SMILES string of the molecule is CC(C)C(N)c1nc(CC(=O)Nc2ccc(C(=O)O)cc2)cs1. The number of amides is 1. The van der Waals surface area contributed by atoms with Crippen LogP contribution < -0.4 is 11.1 Å². The second-order valence-electron chi connectivity index (χ2n) is 5.55. The summed E-state index contributed by atoms with van der Waals surface area (Å²) in [5.74, 6) is -0.919. The Morgan fingerprint density at radius 3 is 2.52 bits per heavy atom. The molecule has 0 aliphatic carbocycles. The van der Waals surface area contributed by atoms with Crippen molar-refractivity contribution in [3.8, 4) is 0 Å². The highest BCUT2D eigenvalue weighted by molar-refractivity contribution is 7.09. The summed E-state index contributed by atoms with van der Waals surface area (Å²) in [7, 11) is 0. The number of carbonyl (C=O) groups excluding carboxylic acids is 1. The molecule has 23 heavy (non-hydrogen) atoms. The normalized spacial score (nSPS) is 12.2. The van der Waals surface area contributed by atoms with Crippen molar-refractivity contribution in [2.75, 3.05) is 5.32 Å². The molecule has 122 valence electrons. The molecule has 1 amide bonds. The summed E-state index contributed by atoms with van der Waals surface area (Å²) in [5, 5.41) is 14.2. The van der Waals surface area contributed by atoms with Gasteiger partial charge in [-0.25, -0.2) is 9.78 Å². The first-order chi connectivity index (χ1) is 10.9. The number of anilines is 1. The number of hydrogen-bond acceptors (Lipinski definition) is 5. The molecule has 0 saturated carbocycles. The van der Waals surface area contributed by atoms with Gasteiger partial charge in [-0.2, -0.15) is 0 Å². The second-order valence-corrected chi connectivity index (χ2v) is 6.44. The van der Waals surface area contributed by atoms with Crippen LogP contribution in [0, 0.1) is 5.92 Å². The minimum Gasteiger partial charge on any atom is -0.478 e. The van der Waals surface area contributed by atoms with E-state index < -0.39 is 5.97 Å². The van der Waals surface area contributed by atoms with Crippen molar-refractivity contribution < 1.29 is 14.7 Å². The highest BCUT2D eigenvalue weighted by Gasteiger charge is 2.16. The monoisotopic (exact) mass is 333 g/mol. The number of carbonyl (C=O) groups is 2. The van der Waals surface area contributed by atoms with Crippen molar-refractivity contribution in [2.24, 2.45) is 11.7 Å². The Kier molecular flexibility index (Phi) is 5.46. The molecule has 2 aromatic rings. The van der Waals surface area contributed by atoms with E-state index in [4.69, 9.17) is 10.8 Å². The fourth-order valence-electron chi connectivity index (χ4n) is 1.91. The Balaban J connectivity index is 1.95. The topological polar surface area (TPSA) is 105 Å². The first-order valence-corrected chi connectivity index (χ1v) is 8.08. The molecule has 0 aliphatic rings. The Labute approximate surface area is 138 Å². The maximum absolute atomic E-state index is 12.0. The smallest absolute Gasteiger partial charge is 0.335 e. The summed E-state index contributed by atoms with van der Waals surface area (Å²) in [6.07, 6.45) is 0.155. The molecule has 1 heterocycles. The predicted octanol–water partition coefficient (Wildman–Crippen LogP) is 2.68. The van der Waals surface area contributed by atoms with E-state index in [0.29, 0.717) is 11.4 Å². The van der Waals surface area contributed by atoms with Crippen LogP contribution in [0.15, 0.2) is 29.6 Å². The van der Waals surface area contributed by atoms with Gasteiger partial charge in [0.25, 0.3) is 0 Å². The van der Waals surface area contributed by atoms with E-state index in [1.807, 2.05) is 19.2 Å². The molecule has 1 atom stereocenters. The van der Waals surface area contributed by atoms with E-state index >= 15 is 0 Å². The van der Waals surface area contributed by atoms with Crippen molar-refractivity contribution in [1.82, 2.24) is 4.98 Å². The zero-order chi connectivity index (χ0) is 17.0. The molecule has 4 N–H and O–H groups in total. The number of nitrogens with two attached hydrogens (primary N) is 1. The lowest BCUT2D eigenvalue weighted by Gasteiger charge is -2.11. The molecule has 1 aromatic heterocycles. The van der Waals surface area contributed by atoms with E-state index in [0.717, 1.165) is 5.01 Å². The number of carboxylic acid groups (broad SMARTS) is 1. The quantitative estimate of drug-likeness (QED) is 0.753.